The number of nitrogens with zero attached hydrogens (tertiary/aromatic N) is 2. The van der Waals surface area contributed by atoms with Gasteiger partial charge in [-0.1, -0.05) is 0 Å². The highest BCUT2D eigenvalue weighted by Crippen LogP contribution is 2.32. The van der Waals surface area contributed by atoms with Crippen LogP contribution in [0.25, 0.3) is 11.3 Å². The average Bonchev–Trinajstić information content (AvgIpc) is 2.46. The Morgan fingerprint density at radius 3 is 2.55 bits per heavy atom. The van der Waals surface area contributed by atoms with Crippen molar-refractivity contribution < 1.29 is 9.47 Å². The average molecular weight is 273 g/mol. The van der Waals surface area contributed by atoms with Gasteiger partial charge in [-0.15, -0.1) is 0 Å². The standard InChI is InChI=1S/C15H19N3O2/c1-5-16-15-17-10(2)8-13(18-15)12-7-6-11(19-3)9-14(12)20-4/h6-9H,5H2,1-4H3,(H,16,17,18). The van der Waals surface area contributed by atoms with E-state index in [1.165, 1.54) is 0 Å². The second-order valence-corrected chi connectivity index (χ2v) is 4.31. The molecule has 1 heterocycles. The van der Waals surface area contributed by atoms with Crippen LogP contribution in [0.2, 0.25) is 0 Å². The molecule has 0 fully saturated rings. The highest BCUT2D eigenvalue weighted by Gasteiger charge is 2.11. The van der Waals surface area contributed by atoms with E-state index in [-0.39, 0.29) is 0 Å². The molecule has 106 valence electrons. The van der Waals surface area contributed by atoms with Crippen molar-refractivity contribution in [3.63, 3.8) is 0 Å². The van der Waals surface area contributed by atoms with Crippen LogP contribution in [-0.2, 0) is 0 Å². The molecule has 0 bridgehead atoms. The molecular formula is C15H19N3O2. The van der Waals surface area contributed by atoms with Gasteiger partial charge in [0.05, 0.1) is 19.9 Å². The Labute approximate surface area is 119 Å². The van der Waals surface area contributed by atoms with Crippen molar-refractivity contribution in [3.05, 3.63) is 30.0 Å². The van der Waals surface area contributed by atoms with Crippen LogP contribution in [0.5, 0.6) is 11.5 Å². The normalized spacial score (nSPS) is 10.2. The fourth-order valence-corrected chi connectivity index (χ4v) is 1.95. The van der Waals surface area contributed by atoms with Gasteiger partial charge >= 0.3 is 0 Å². The Bertz CT molecular complexity index is 600. The molecule has 0 saturated carbocycles. The molecule has 2 aromatic rings. The van der Waals surface area contributed by atoms with Crippen LogP contribution in [0, 0.1) is 6.92 Å². The molecule has 1 aromatic heterocycles. The fourth-order valence-electron chi connectivity index (χ4n) is 1.95. The van der Waals surface area contributed by atoms with E-state index >= 15 is 0 Å². The summed E-state index contributed by atoms with van der Waals surface area (Å²) in [6.07, 6.45) is 0. The number of hydrogen-bond acceptors (Lipinski definition) is 5. The number of anilines is 1. The number of hydrogen-bond donors (Lipinski definition) is 1. The lowest BCUT2D eigenvalue weighted by Gasteiger charge is -2.11. The second-order valence-electron chi connectivity index (χ2n) is 4.31. The van der Waals surface area contributed by atoms with Gasteiger partial charge in [0.15, 0.2) is 0 Å². The summed E-state index contributed by atoms with van der Waals surface area (Å²) in [4.78, 5) is 8.87. The molecule has 0 aliphatic rings. The summed E-state index contributed by atoms with van der Waals surface area (Å²) >= 11 is 0. The summed E-state index contributed by atoms with van der Waals surface area (Å²) < 4.78 is 10.6. The molecular weight excluding hydrogens is 254 g/mol. The van der Waals surface area contributed by atoms with E-state index in [2.05, 4.69) is 15.3 Å². The predicted octanol–water partition coefficient (Wildman–Crippen LogP) is 2.90. The number of nitrogens with one attached hydrogen (secondary N) is 1. The molecule has 20 heavy (non-hydrogen) atoms. The SMILES string of the molecule is CCNc1nc(C)cc(-c2ccc(OC)cc2OC)n1. The molecule has 2 rings (SSSR count). The van der Waals surface area contributed by atoms with E-state index in [4.69, 9.17) is 9.47 Å². The summed E-state index contributed by atoms with van der Waals surface area (Å²) in [6.45, 7) is 4.74. The minimum Gasteiger partial charge on any atom is -0.497 e. The first-order valence-electron chi connectivity index (χ1n) is 6.50. The molecule has 0 aliphatic carbocycles. The minimum atomic E-state index is 0.625. The zero-order valence-corrected chi connectivity index (χ0v) is 12.2. The third kappa shape index (κ3) is 2.99. The van der Waals surface area contributed by atoms with E-state index in [1.807, 2.05) is 38.1 Å². The van der Waals surface area contributed by atoms with Crippen LogP contribution in [0.3, 0.4) is 0 Å². The monoisotopic (exact) mass is 273 g/mol. The molecule has 0 spiro atoms. The van der Waals surface area contributed by atoms with Gasteiger partial charge in [0.1, 0.15) is 11.5 Å². The molecule has 5 heteroatoms. The highest BCUT2D eigenvalue weighted by molar-refractivity contribution is 5.69. The van der Waals surface area contributed by atoms with E-state index in [0.29, 0.717) is 5.95 Å². The minimum absolute atomic E-state index is 0.625. The highest BCUT2D eigenvalue weighted by atomic mass is 16.5. The van der Waals surface area contributed by atoms with Gasteiger partial charge < -0.3 is 14.8 Å². The number of ether oxygens (including phenoxy) is 2. The molecule has 1 N–H and O–H groups in total. The number of rotatable bonds is 5. The maximum atomic E-state index is 5.42. The van der Waals surface area contributed by atoms with Gasteiger partial charge in [-0.3, -0.25) is 0 Å². The zero-order valence-electron chi connectivity index (χ0n) is 12.2. The predicted molar refractivity (Wildman–Crippen MR) is 79.5 cm³/mol. The van der Waals surface area contributed by atoms with Crippen LogP contribution < -0.4 is 14.8 Å². The number of aromatic nitrogens is 2. The molecule has 1 aromatic carbocycles. The van der Waals surface area contributed by atoms with Gasteiger partial charge in [-0.05, 0) is 32.0 Å². The van der Waals surface area contributed by atoms with Crippen LogP contribution >= 0.6 is 0 Å². The Morgan fingerprint density at radius 2 is 1.90 bits per heavy atom. The molecule has 5 nitrogen and oxygen atoms in total. The maximum Gasteiger partial charge on any atom is 0.223 e. The lowest BCUT2D eigenvalue weighted by Crippen LogP contribution is -2.04. The van der Waals surface area contributed by atoms with Crippen LogP contribution in [0.4, 0.5) is 5.95 Å². The van der Waals surface area contributed by atoms with Crippen molar-refractivity contribution in [2.75, 3.05) is 26.1 Å². The van der Waals surface area contributed by atoms with E-state index < -0.39 is 0 Å². The Morgan fingerprint density at radius 1 is 1.10 bits per heavy atom. The molecule has 0 aliphatic heterocycles. The molecule has 0 atom stereocenters. The fraction of sp³-hybridized carbons (Fsp3) is 0.333. The summed E-state index contributed by atoms with van der Waals surface area (Å²) in [5.74, 6) is 2.11. The van der Waals surface area contributed by atoms with Gasteiger partial charge in [-0.25, -0.2) is 9.97 Å². The van der Waals surface area contributed by atoms with Crippen molar-refractivity contribution in [2.24, 2.45) is 0 Å². The van der Waals surface area contributed by atoms with Crippen molar-refractivity contribution >= 4 is 5.95 Å². The Hall–Kier alpha value is -2.30. The van der Waals surface area contributed by atoms with E-state index in [0.717, 1.165) is 35.0 Å². The topological polar surface area (TPSA) is 56.3 Å². The smallest absolute Gasteiger partial charge is 0.223 e. The molecule has 0 saturated heterocycles. The lowest BCUT2D eigenvalue weighted by molar-refractivity contribution is 0.395. The van der Waals surface area contributed by atoms with Crippen LogP contribution in [-0.4, -0.2) is 30.7 Å². The summed E-state index contributed by atoms with van der Waals surface area (Å²) in [5, 5.41) is 3.13. The molecule has 0 amide bonds. The molecule has 0 unspecified atom stereocenters. The maximum absolute atomic E-state index is 5.42. The lowest BCUT2D eigenvalue weighted by atomic mass is 10.1. The largest absolute Gasteiger partial charge is 0.497 e. The third-order valence-electron chi connectivity index (χ3n) is 2.87. The summed E-state index contributed by atoms with van der Waals surface area (Å²) in [7, 11) is 3.27. The van der Waals surface area contributed by atoms with Gasteiger partial charge in [-0.2, -0.15) is 0 Å². The van der Waals surface area contributed by atoms with E-state index in [1.54, 1.807) is 14.2 Å². The summed E-state index contributed by atoms with van der Waals surface area (Å²) in [5.41, 5.74) is 2.65. The second kappa shape index (κ2) is 6.23. The number of methoxy groups -OCH3 is 2. The van der Waals surface area contributed by atoms with Gasteiger partial charge in [0.25, 0.3) is 0 Å². The Kier molecular flexibility index (Phi) is 4.40. The van der Waals surface area contributed by atoms with Crippen LogP contribution in [0.1, 0.15) is 12.6 Å². The van der Waals surface area contributed by atoms with Crippen molar-refractivity contribution in [2.45, 2.75) is 13.8 Å². The number of aryl methyl sites for hydroxylation is 1. The number of benzene rings is 1. The van der Waals surface area contributed by atoms with Crippen molar-refractivity contribution in [1.82, 2.24) is 9.97 Å². The van der Waals surface area contributed by atoms with Gasteiger partial charge in [0, 0.05) is 23.9 Å². The van der Waals surface area contributed by atoms with Gasteiger partial charge in [0.2, 0.25) is 5.95 Å². The first-order chi connectivity index (χ1) is 9.67. The quantitative estimate of drug-likeness (QED) is 0.907. The first-order valence-corrected chi connectivity index (χ1v) is 6.50. The summed E-state index contributed by atoms with van der Waals surface area (Å²) in [6, 6.07) is 7.61. The Balaban J connectivity index is 2.50. The van der Waals surface area contributed by atoms with Crippen LogP contribution in [0.15, 0.2) is 24.3 Å². The third-order valence-corrected chi connectivity index (χ3v) is 2.87. The molecule has 0 radical (unpaired) electrons. The van der Waals surface area contributed by atoms with Crippen molar-refractivity contribution in [1.29, 1.82) is 0 Å². The first kappa shape index (κ1) is 14.1. The van der Waals surface area contributed by atoms with Crippen molar-refractivity contribution in [3.8, 4) is 22.8 Å². The van der Waals surface area contributed by atoms with E-state index in [9.17, 15) is 0 Å². The zero-order chi connectivity index (χ0) is 14.5.